The van der Waals surface area contributed by atoms with Gasteiger partial charge in [0.15, 0.2) is 0 Å². The molecular weight excluding hydrogens is 260 g/mol. The highest BCUT2D eigenvalue weighted by Gasteiger charge is 2.35. The Kier molecular flexibility index (Phi) is 3.30. The van der Waals surface area contributed by atoms with Gasteiger partial charge < -0.3 is 10.2 Å². The second-order valence-corrected chi connectivity index (χ2v) is 6.54. The van der Waals surface area contributed by atoms with Gasteiger partial charge in [-0.2, -0.15) is 0 Å². The zero-order valence-corrected chi connectivity index (χ0v) is 12.3. The number of nitrogens with zero attached hydrogens (tertiary/aromatic N) is 1. The third kappa shape index (κ3) is 2.40. The first kappa shape index (κ1) is 13.1. The number of allylic oxidation sites excluding steroid dienone is 1. The molecule has 1 amide bonds. The van der Waals surface area contributed by atoms with Gasteiger partial charge in [-0.25, -0.2) is 0 Å². The van der Waals surface area contributed by atoms with E-state index in [0.717, 1.165) is 30.5 Å². The number of amides is 1. The molecule has 3 saturated heterocycles. The molecule has 0 spiro atoms. The Balaban J connectivity index is 1.55. The Bertz CT molecular complexity index is 585. The van der Waals surface area contributed by atoms with Crippen LogP contribution in [0.15, 0.2) is 24.3 Å². The number of hydrogen-bond acceptors (Lipinski definition) is 2. The molecule has 3 heteroatoms. The Hall–Kier alpha value is -1.61. The van der Waals surface area contributed by atoms with E-state index in [2.05, 4.69) is 28.4 Å². The first-order chi connectivity index (χ1) is 10.3. The summed E-state index contributed by atoms with van der Waals surface area (Å²) in [6.45, 7) is 3.45. The van der Waals surface area contributed by atoms with Crippen molar-refractivity contribution in [2.75, 3.05) is 19.6 Å². The van der Waals surface area contributed by atoms with Gasteiger partial charge in [0, 0.05) is 18.2 Å². The molecule has 4 aliphatic rings. The summed E-state index contributed by atoms with van der Waals surface area (Å²) in [7, 11) is 0. The summed E-state index contributed by atoms with van der Waals surface area (Å²) in [5, 5.41) is 3.30. The summed E-state index contributed by atoms with van der Waals surface area (Å²) < 4.78 is 0. The van der Waals surface area contributed by atoms with E-state index in [1.807, 2.05) is 12.1 Å². The zero-order valence-electron chi connectivity index (χ0n) is 12.3. The topological polar surface area (TPSA) is 32.3 Å². The summed E-state index contributed by atoms with van der Waals surface area (Å²) in [5.41, 5.74) is 3.28. The molecule has 0 saturated carbocycles. The molecule has 0 aromatic heterocycles. The number of carbonyl (C=O) groups is 1. The van der Waals surface area contributed by atoms with Gasteiger partial charge in [-0.05, 0) is 61.9 Å². The van der Waals surface area contributed by atoms with E-state index < -0.39 is 0 Å². The Morgan fingerprint density at radius 2 is 2.10 bits per heavy atom. The van der Waals surface area contributed by atoms with E-state index in [1.165, 1.54) is 31.5 Å². The van der Waals surface area contributed by atoms with Crippen molar-refractivity contribution in [3.05, 3.63) is 41.0 Å². The summed E-state index contributed by atoms with van der Waals surface area (Å²) in [4.78, 5) is 15.2. The number of hydrogen-bond donors (Lipinski definition) is 1. The highest BCUT2D eigenvalue weighted by Crippen LogP contribution is 2.28. The number of rotatable bonds is 2. The molecule has 3 heterocycles. The molecule has 1 atom stereocenters. The molecule has 1 aliphatic carbocycles. The van der Waals surface area contributed by atoms with E-state index in [4.69, 9.17) is 0 Å². The summed E-state index contributed by atoms with van der Waals surface area (Å²) in [5.74, 6) is 0.784. The van der Waals surface area contributed by atoms with Crippen LogP contribution >= 0.6 is 0 Å². The minimum atomic E-state index is 0.108. The standard InChI is InChI=1S/C18H22N2O/c21-18(19-17-12-20-10-8-14(17)9-11-20)16-7-3-5-13-4-1-2-6-15(13)16/h2-3,5-7,14,17H,1,4,8-12H2,(H,19,21)/t17-/m1/s1. The van der Waals surface area contributed by atoms with Crippen molar-refractivity contribution in [1.82, 2.24) is 10.2 Å². The monoisotopic (exact) mass is 282 g/mol. The highest BCUT2D eigenvalue weighted by molar-refractivity contribution is 5.98. The Labute approximate surface area is 126 Å². The van der Waals surface area contributed by atoms with Gasteiger partial charge in [0.05, 0.1) is 0 Å². The first-order valence-electron chi connectivity index (χ1n) is 8.13. The highest BCUT2D eigenvalue weighted by atomic mass is 16.1. The number of carbonyl (C=O) groups excluding carboxylic acids is 1. The molecule has 5 rings (SSSR count). The van der Waals surface area contributed by atoms with Gasteiger partial charge >= 0.3 is 0 Å². The molecule has 1 aromatic carbocycles. The molecule has 0 unspecified atom stereocenters. The average molecular weight is 282 g/mol. The van der Waals surface area contributed by atoms with Crippen molar-refractivity contribution in [3.8, 4) is 0 Å². The van der Waals surface area contributed by atoms with E-state index in [9.17, 15) is 4.79 Å². The third-order valence-electron chi connectivity index (χ3n) is 5.28. The zero-order chi connectivity index (χ0) is 14.2. The van der Waals surface area contributed by atoms with Gasteiger partial charge in [-0.3, -0.25) is 4.79 Å². The summed E-state index contributed by atoms with van der Waals surface area (Å²) >= 11 is 0. The smallest absolute Gasteiger partial charge is 0.252 e. The van der Waals surface area contributed by atoms with Crippen LogP contribution < -0.4 is 5.32 Å². The van der Waals surface area contributed by atoms with Crippen LogP contribution in [0.2, 0.25) is 0 Å². The molecule has 21 heavy (non-hydrogen) atoms. The van der Waals surface area contributed by atoms with Crippen LogP contribution in [0.5, 0.6) is 0 Å². The van der Waals surface area contributed by atoms with Crippen molar-refractivity contribution in [2.24, 2.45) is 5.92 Å². The summed E-state index contributed by atoms with van der Waals surface area (Å²) in [6, 6.07) is 6.46. The Morgan fingerprint density at radius 3 is 2.86 bits per heavy atom. The van der Waals surface area contributed by atoms with Crippen LogP contribution in [-0.4, -0.2) is 36.5 Å². The van der Waals surface area contributed by atoms with Crippen LogP contribution in [-0.2, 0) is 6.42 Å². The van der Waals surface area contributed by atoms with Crippen LogP contribution in [0.3, 0.4) is 0 Å². The molecule has 1 N–H and O–H groups in total. The Morgan fingerprint density at radius 1 is 1.24 bits per heavy atom. The normalized spacial score (nSPS) is 30.0. The number of fused-ring (bicyclic) bond motifs is 4. The van der Waals surface area contributed by atoms with Crippen molar-refractivity contribution < 1.29 is 4.79 Å². The number of benzene rings is 1. The maximum absolute atomic E-state index is 12.7. The molecule has 3 fully saturated rings. The first-order valence-corrected chi connectivity index (χ1v) is 8.13. The third-order valence-corrected chi connectivity index (χ3v) is 5.28. The van der Waals surface area contributed by atoms with Crippen molar-refractivity contribution in [1.29, 1.82) is 0 Å². The van der Waals surface area contributed by atoms with Crippen molar-refractivity contribution in [3.63, 3.8) is 0 Å². The fraction of sp³-hybridized carbons (Fsp3) is 0.500. The maximum Gasteiger partial charge on any atom is 0.252 e. The van der Waals surface area contributed by atoms with E-state index >= 15 is 0 Å². The average Bonchev–Trinajstić information content (AvgIpc) is 2.55. The second-order valence-electron chi connectivity index (χ2n) is 6.54. The number of aryl methyl sites for hydroxylation is 1. The molecule has 110 valence electrons. The lowest BCUT2D eigenvalue weighted by molar-refractivity contribution is 0.0620. The molecular formula is C18H22N2O. The molecule has 0 radical (unpaired) electrons. The molecule has 1 aromatic rings. The van der Waals surface area contributed by atoms with Crippen molar-refractivity contribution >= 4 is 12.0 Å². The van der Waals surface area contributed by atoms with Crippen LogP contribution in [0.25, 0.3) is 6.08 Å². The predicted octanol–water partition coefficient (Wildman–Crippen LogP) is 2.47. The van der Waals surface area contributed by atoms with E-state index in [0.29, 0.717) is 12.0 Å². The van der Waals surface area contributed by atoms with Crippen molar-refractivity contribution in [2.45, 2.75) is 31.7 Å². The maximum atomic E-state index is 12.7. The van der Waals surface area contributed by atoms with E-state index in [1.54, 1.807) is 0 Å². The van der Waals surface area contributed by atoms with Gasteiger partial charge in [-0.1, -0.05) is 24.3 Å². The molecule has 2 bridgehead atoms. The lowest BCUT2D eigenvalue weighted by atomic mass is 9.83. The number of nitrogens with one attached hydrogen (secondary N) is 1. The van der Waals surface area contributed by atoms with Gasteiger partial charge in [0.1, 0.15) is 0 Å². The van der Waals surface area contributed by atoms with Gasteiger partial charge in [0.25, 0.3) is 5.91 Å². The fourth-order valence-corrected chi connectivity index (χ4v) is 4.04. The lowest BCUT2D eigenvalue weighted by Crippen LogP contribution is -2.57. The van der Waals surface area contributed by atoms with Crippen LogP contribution in [0, 0.1) is 5.92 Å². The van der Waals surface area contributed by atoms with Gasteiger partial charge in [-0.15, -0.1) is 0 Å². The van der Waals surface area contributed by atoms with Crippen LogP contribution in [0.4, 0.5) is 0 Å². The largest absolute Gasteiger partial charge is 0.348 e. The molecule has 3 aliphatic heterocycles. The number of piperidine rings is 3. The predicted molar refractivity (Wildman–Crippen MR) is 84.2 cm³/mol. The molecule has 3 nitrogen and oxygen atoms in total. The quantitative estimate of drug-likeness (QED) is 0.904. The van der Waals surface area contributed by atoms with E-state index in [-0.39, 0.29) is 5.91 Å². The second kappa shape index (κ2) is 5.30. The van der Waals surface area contributed by atoms with Crippen LogP contribution in [0.1, 0.15) is 40.7 Å². The summed E-state index contributed by atoms with van der Waals surface area (Å²) in [6.07, 6.45) is 8.89. The van der Waals surface area contributed by atoms with Gasteiger partial charge in [0.2, 0.25) is 0 Å². The minimum Gasteiger partial charge on any atom is -0.348 e. The SMILES string of the molecule is O=C(N[C@@H]1CN2CCC1CC2)c1cccc2c1C=CCC2. The fourth-order valence-electron chi connectivity index (χ4n) is 4.04. The minimum absolute atomic E-state index is 0.108. The lowest BCUT2D eigenvalue weighted by Gasteiger charge is -2.45.